The first-order valence-electron chi connectivity index (χ1n) is 11.8. The van der Waals surface area contributed by atoms with Gasteiger partial charge in [0.1, 0.15) is 12.4 Å². The molecule has 0 saturated carbocycles. The van der Waals surface area contributed by atoms with Gasteiger partial charge in [0.05, 0.1) is 30.3 Å². The summed E-state index contributed by atoms with van der Waals surface area (Å²) in [5.74, 6) is 1.37. The topological polar surface area (TPSA) is 46.6 Å². The quantitative estimate of drug-likeness (QED) is 0.527. The number of nitrogens with one attached hydrogen (secondary N) is 1. The van der Waals surface area contributed by atoms with Crippen LogP contribution in [-0.4, -0.2) is 43.9 Å². The predicted molar refractivity (Wildman–Crippen MR) is 121 cm³/mol. The lowest BCUT2D eigenvalue weighted by Crippen LogP contribution is -2.34. The summed E-state index contributed by atoms with van der Waals surface area (Å²) in [7, 11) is 0. The number of halogens is 3. The minimum absolute atomic E-state index is 0.206. The van der Waals surface area contributed by atoms with Crippen molar-refractivity contribution in [3.63, 3.8) is 0 Å². The third-order valence-electron chi connectivity index (χ3n) is 6.49. The van der Waals surface area contributed by atoms with E-state index in [0.29, 0.717) is 30.7 Å². The molecule has 0 bridgehead atoms. The first-order chi connectivity index (χ1) is 16.0. The van der Waals surface area contributed by atoms with Crippen LogP contribution in [0.25, 0.3) is 0 Å². The zero-order valence-electron chi connectivity index (χ0n) is 18.8. The highest BCUT2D eigenvalue weighted by Gasteiger charge is 2.30. The zero-order chi connectivity index (χ0) is 23.1. The minimum Gasteiger partial charge on any atom is -0.490 e. The molecule has 0 radical (unpaired) electrons. The summed E-state index contributed by atoms with van der Waals surface area (Å²) in [6, 6.07) is 7.85. The molecule has 0 amide bonds. The number of ether oxygens (including phenoxy) is 2. The van der Waals surface area contributed by atoms with Crippen molar-refractivity contribution in [1.29, 1.82) is 0 Å². The van der Waals surface area contributed by atoms with Crippen LogP contribution in [0.15, 0.2) is 42.7 Å². The summed E-state index contributed by atoms with van der Waals surface area (Å²) >= 11 is 0. The fourth-order valence-electron chi connectivity index (χ4n) is 4.51. The van der Waals surface area contributed by atoms with Crippen LogP contribution < -0.4 is 15.0 Å². The number of rotatable bonds is 9. The van der Waals surface area contributed by atoms with E-state index < -0.39 is 11.7 Å². The Balaban J connectivity index is 1.16. The summed E-state index contributed by atoms with van der Waals surface area (Å²) in [5, 5.41) is 3.44. The van der Waals surface area contributed by atoms with E-state index in [1.807, 2.05) is 6.20 Å². The van der Waals surface area contributed by atoms with Crippen LogP contribution in [-0.2, 0) is 17.5 Å². The third kappa shape index (κ3) is 7.08. The van der Waals surface area contributed by atoms with Crippen LogP contribution in [0.4, 0.5) is 18.9 Å². The number of hydrogen-bond donors (Lipinski definition) is 1. The van der Waals surface area contributed by atoms with Gasteiger partial charge >= 0.3 is 6.18 Å². The van der Waals surface area contributed by atoms with Crippen LogP contribution in [0, 0.1) is 5.92 Å². The molecule has 3 heterocycles. The van der Waals surface area contributed by atoms with Crippen LogP contribution in [0.1, 0.15) is 43.2 Å². The molecule has 4 rings (SSSR count). The minimum atomic E-state index is -4.32. The second kappa shape index (κ2) is 11.2. The van der Waals surface area contributed by atoms with Crippen molar-refractivity contribution >= 4 is 5.69 Å². The lowest BCUT2D eigenvalue weighted by atomic mass is 9.94. The second-order valence-electron chi connectivity index (χ2n) is 8.95. The average Bonchev–Trinajstić information content (AvgIpc) is 3.35. The van der Waals surface area contributed by atoms with E-state index in [1.165, 1.54) is 12.5 Å². The van der Waals surface area contributed by atoms with E-state index in [9.17, 15) is 13.2 Å². The first-order valence-corrected chi connectivity index (χ1v) is 11.8. The fourth-order valence-corrected chi connectivity index (χ4v) is 4.51. The molecule has 2 aliphatic rings. The molecule has 2 aromatic rings. The van der Waals surface area contributed by atoms with E-state index >= 15 is 0 Å². The van der Waals surface area contributed by atoms with Crippen LogP contribution in [0.3, 0.4) is 0 Å². The number of nitrogens with zero attached hydrogens (tertiary/aromatic N) is 2. The number of hydrogen-bond acceptors (Lipinski definition) is 5. The Morgan fingerprint density at radius 3 is 2.70 bits per heavy atom. The summed E-state index contributed by atoms with van der Waals surface area (Å²) in [5.41, 5.74) is 1.01. The van der Waals surface area contributed by atoms with Crippen molar-refractivity contribution < 1.29 is 22.6 Å². The summed E-state index contributed by atoms with van der Waals surface area (Å²) in [6.45, 7) is 4.41. The van der Waals surface area contributed by atoms with Crippen molar-refractivity contribution in [2.45, 2.75) is 50.9 Å². The van der Waals surface area contributed by atoms with Gasteiger partial charge in [-0.3, -0.25) is 4.98 Å². The van der Waals surface area contributed by atoms with Crippen molar-refractivity contribution in [2.75, 3.05) is 37.7 Å². The molecule has 0 spiro atoms. The maximum Gasteiger partial charge on any atom is 0.416 e. The Morgan fingerprint density at radius 1 is 1.09 bits per heavy atom. The predicted octanol–water partition coefficient (Wildman–Crippen LogP) is 5.05. The highest BCUT2D eigenvalue weighted by atomic mass is 19.4. The molecular formula is C25H32F3N3O2. The van der Waals surface area contributed by atoms with Gasteiger partial charge in [0.15, 0.2) is 0 Å². The molecule has 2 fully saturated rings. The summed E-state index contributed by atoms with van der Waals surface area (Å²) in [4.78, 5) is 6.70. The normalized spacial score (nSPS) is 19.7. The van der Waals surface area contributed by atoms with E-state index in [2.05, 4.69) is 21.3 Å². The summed E-state index contributed by atoms with van der Waals surface area (Å²) < 4.78 is 50.1. The van der Waals surface area contributed by atoms with Crippen LogP contribution in [0.2, 0.25) is 0 Å². The molecule has 1 N–H and O–H groups in total. The molecule has 180 valence electrons. The van der Waals surface area contributed by atoms with E-state index in [0.717, 1.165) is 68.9 Å². The zero-order valence-corrected chi connectivity index (χ0v) is 18.8. The van der Waals surface area contributed by atoms with E-state index in [4.69, 9.17) is 9.47 Å². The summed E-state index contributed by atoms with van der Waals surface area (Å²) in [6.07, 6.45) is 4.74. The number of piperidine rings is 1. The Bertz CT molecular complexity index is 879. The second-order valence-corrected chi connectivity index (χ2v) is 8.95. The maximum absolute atomic E-state index is 12.8. The first kappa shape index (κ1) is 23.8. The van der Waals surface area contributed by atoms with Crippen LogP contribution >= 0.6 is 0 Å². The van der Waals surface area contributed by atoms with Gasteiger partial charge in [0, 0.05) is 31.8 Å². The lowest BCUT2D eigenvalue weighted by Gasteiger charge is -2.33. The Kier molecular flexibility index (Phi) is 8.09. The Hall–Kier alpha value is -2.32. The van der Waals surface area contributed by atoms with Gasteiger partial charge in [0.2, 0.25) is 0 Å². The number of benzene rings is 1. The average molecular weight is 464 g/mol. The number of pyridine rings is 1. The van der Waals surface area contributed by atoms with Gasteiger partial charge in [-0.15, -0.1) is 0 Å². The molecule has 1 atom stereocenters. The third-order valence-corrected chi connectivity index (χ3v) is 6.49. The van der Waals surface area contributed by atoms with Crippen molar-refractivity contribution in [3.8, 4) is 5.75 Å². The van der Waals surface area contributed by atoms with Gasteiger partial charge in [-0.2, -0.15) is 13.2 Å². The molecular weight excluding hydrogens is 431 g/mol. The largest absolute Gasteiger partial charge is 0.490 e. The van der Waals surface area contributed by atoms with Gasteiger partial charge in [-0.1, -0.05) is 12.1 Å². The lowest BCUT2D eigenvalue weighted by molar-refractivity contribution is -0.137. The molecule has 0 aliphatic carbocycles. The SMILES string of the molecule is FC(F)(F)c1cccc(COCCC2CCN(c3cncc(OCC4CCCN4)c3)CC2)c1. The molecule has 1 aromatic heterocycles. The molecule has 33 heavy (non-hydrogen) atoms. The van der Waals surface area contributed by atoms with Gasteiger partial charge in [-0.05, 0) is 62.3 Å². The van der Waals surface area contributed by atoms with Gasteiger partial charge < -0.3 is 19.7 Å². The number of alkyl halides is 3. The number of aromatic nitrogens is 1. The van der Waals surface area contributed by atoms with Gasteiger partial charge in [-0.25, -0.2) is 0 Å². The smallest absolute Gasteiger partial charge is 0.416 e. The van der Waals surface area contributed by atoms with Gasteiger partial charge in [0.25, 0.3) is 0 Å². The van der Waals surface area contributed by atoms with Crippen molar-refractivity contribution in [3.05, 3.63) is 53.9 Å². The highest BCUT2D eigenvalue weighted by Crippen LogP contribution is 2.30. The molecule has 2 saturated heterocycles. The molecule has 1 unspecified atom stereocenters. The molecule has 8 heteroatoms. The van der Waals surface area contributed by atoms with E-state index in [-0.39, 0.29) is 6.61 Å². The van der Waals surface area contributed by atoms with Crippen molar-refractivity contribution in [1.82, 2.24) is 10.3 Å². The Morgan fingerprint density at radius 2 is 1.94 bits per heavy atom. The number of anilines is 1. The maximum atomic E-state index is 12.8. The molecule has 2 aliphatic heterocycles. The van der Waals surface area contributed by atoms with E-state index in [1.54, 1.807) is 12.3 Å². The van der Waals surface area contributed by atoms with Crippen molar-refractivity contribution in [2.24, 2.45) is 5.92 Å². The fraction of sp³-hybridized carbons (Fsp3) is 0.560. The Labute approximate surface area is 193 Å². The highest BCUT2D eigenvalue weighted by molar-refractivity contribution is 5.48. The standard InChI is InChI=1S/C25H32F3N3O2/c26-25(27,28)21-4-1-3-20(13-21)17-32-12-8-19-6-10-31(11-7-19)23-14-24(16-29-15-23)33-18-22-5-2-9-30-22/h1,3-4,13-16,19,22,30H,2,5-12,17-18H2. The monoisotopic (exact) mass is 463 g/mol. The molecule has 1 aromatic carbocycles. The molecule has 5 nitrogen and oxygen atoms in total. The van der Waals surface area contributed by atoms with Crippen LogP contribution in [0.5, 0.6) is 5.75 Å².